The number of benzene rings is 1. The highest BCUT2D eigenvalue weighted by molar-refractivity contribution is 7.13. The fraction of sp³-hybridized carbons (Fsp3) is 0.286. The Morgan fingerprint density at radius 1 is 1.25 bits per heavy atom. The molecule has 3 aromatic rings. The van der Waals surface area contributed by atoms with E-state index >= 15 is 0 Å². The van der Waals surface area contributed by atoms with Crippen LogP contribution in [0.5, 0.6) is 0 Å². The van der Waals surface area contributed by atoms with Gasteiger partial charge >= 0.3 is 6.03 Å². The summed E-state index contributed by atoms with van der Waals surface area (Å²) < 4.78 is 5.51. The zero-order chi connectivity index (χ0) is 19.3. The van der Waals surface area contributed by atoms with Gasteiger partial charge in [0.1, 0.15) is 11.8 Å². The molecule has 2 aliphatic rings. The molecule has 3 amide bonds. The van der Waals surface area contributed by atoms with Crippen molar-refractivity contribution in [2.75, 3.05) is 0 Å². The summed E-state index contributed by atoms with van der Waals surface area (Å²) in [6, 6.07) is 9.53. The SMILES string of the molecule is C[C@]1(c2ccc3c(c2)CCC3)NC(=O)N(Cc2coc(-c3cccs3)n2)C1=O. The first kappa shape index (κ1) is 17.2. The van der Waals surface area contributed by atoms with Gasteiger partial charge in [0.15, 0.2) is 0 Å². The normalized spacial score (nSPS) is 21.2. The number of oxazole rings is 1. The first-order valence-electron chi connectivity index (χ1n) is 9.29. The molecule has 1 N–H and O–H groups in total. The predicted molar refractivity (Wildman–Crippen MR) is 105 cm³/mol. The lowest BCUT2D eigenvalue weighted by Gasteiger charge is -2.23. The Morgan fingerprint density at radius 3 is 2.93 bits per heavy atom. The van der Waals surface area contributed by atoms with E-state index in [9.17, 15) is 9.59 Å². The van der Waals surface area contributed by atoms with E-state index in [1.807, 2.05) is 23.6 Å². The Morgan fingerprint density at radius 2 is 2.11 bits per heavy atom. The average molecular weight is 393 g/mol. The van der Waals surface area contributed by atoms with Crippen molar-refractivity contribution in [3.63, 3.8) is 0 Å². The molecule has 0 radical (unpaired) electrons. The monoisotopic (exact) mass is 393 g/mol. The van der Waals surface area contributed by atoms with E-state index < -0.39 is 11.6 Å². The molecule has 1 atom stereocenters. The van der Waals surface area contributed by atoms with Gasteiger partial charge in [-0.15, -0.1) is 11.3 Å². The van der Waals surface area contributed by atoms with Crippen LogP contribution in [0.25, 0.3) is 10.8 Å². The van der Waals surface area contributed by atoms with E-state index in [2.05, 4.69) is 22.4 Å². The maximum atomic E-state index is 13.2. The van der Waals surface area contributed by atoms with E-state index in [1.165, 1.54) is 33.6 Å². The van der Waals surface area contributed by atoms with Crippen molar-refractivity contribution in [2.24, 2.45) is 0 Å². The molecule has 2 aromatic heterocycles. The molecule has 7 heteroatoms. The fourth-order valence-corrected chi connectivity index (χ4v) is 4.63. The highest BCUT2D eigenvalue weighted by atomic mass is 32.1. The summed E-state index contributed by atoms with van der Waals surface area (Å²) in [5.74, 6) is 0.231. The molecular formula is C21H19N3O3S. The number of nitrogens with one attached hydrogen (secondary N) is 1. The molecule has 6 nitrogen and oxygen atoms in total. The lowest BCUT2D eigenvalue weighted by Crippen LogP contribution is -2.41. The van der Waals surface area contributed by atoms with Gasteiger partial charge in [-0.2, -0.15) is 0 Å². The Hall–Kier alpha value is -2.93. The van der Waals surface area contributed by atoms with Crippen molar-refractivity contribution in [3.8, 4) is 10.8 Å². The van der Waals surface area contributed by atoms with Crippen LogP contribution in [0.1, 0.15) is 35.7 Å². The third-order valence-corrected chi connectivity index (χ3v) is 6.41. The second-order valence-electron chi connectivity index (χ2n) is 7.40. The number of imide groups is 1. The maximum Gasteiger partial charge on any atom is 0.325 e. The highest BCUT2D eigenvalue weighted by Gasteiger charge is 2.49. The lowest BCUT2D eigenvalue weighted by atomic mass is 9.89. The number of aryl methyl sites for hydroxylation is 2. The van der Waals surface area contributed by atoms with E-state index in [1.54, 1.807) is 6.92 Å². The van der Waals surface area contributed by atoms with Crippen molar-refractivity contribution >= 4 is 23.3 Å². The Kier molecular flexibility index (Phi) is 3.87. The van der Waals surface area contributed by atoms with Gasteiger partial charge in [-0.3, -0.25) is 9.69 Å². The highest BCUT2D eigenvalue weighted by Crippen LogP contribution is 2.33. The van der Waals surface area contributed by atoms with Gasteiger partial charge in [-0.1, -0.05) is 24.3 Å². The lowest BCUT2D eigenvalue weighted by molar-refractivity contribution is -0.131. The smallest absolute Gasteiger partial charge is 0.325 e. The quantitative estimate of drug-likeness (QED) is 0.683. The molecule has 1 saturated heterocycles. The average Bonchev–Trinajstić information content (AvgIpc) is 3.47. The predicted octanol–water partition coefficient (Wildman–Crippen LogP) is 3.86. The van der Waals surface area contributed by atoms with Crippen LogP contribution in [-0.4, -0.2) is 21.8 Å². The summed E-state index contributed by atoms with van der Waals surface area (Å²) >= 11 is 1.52. The molecule has 5 rings (SSSR count). The third kappa shape index (κ3) is 2.65. The van der Waals surface area contributed by atoms with Crippen molar-refractivity contribution in [3.05, 3.63) is 64.4 Å². The van der Waals surface area contributed by atoms with Gasteiger partial charge in [0.05, 0.1) is 17.1 Å². The summed E-state index contributed by atoms with van der Waals surface area (Å²) in [4.78, 5) is 32.3. The summed E-state index contributed by atoms with van der Waals surface area (Å²) in [5, 5.41) is 4.82. The number of carbonyl (C=O) groups excluding carboxylic acids is 2. The molecule has 3 heterocycles. The topological polar surface area (TPSA) is 75.4 Å². The van der Waals surface area contributed by atoms with Crippen LogP contribution in [-0.2, 0) is 29.7 Å². The molecule has 1 aromatic carbocycles. The number of hydrogen-bond donors (Lipinski definition) is 1. The summed E-state index contributed by atoms with van der Waals surface area (Å²) in [5.41, 5.74) is 2.93. The number of thiophene rings is 1. The molecule has 1 aliphatic heterocycles. The molecular weight excluding hydrogens is 374 g/mol. The number of rotatable bonds is 4. The van der Waals surface area contributed by atoms with E-state index in [0.717, 1.165) is 29.7 Å². The van der Waals surface area contributed by atoms with Crippen LogP contribution in [0.2, 0.25) is 0 Å². The molecule has 1 aliphatic carbocycles. The Bertz CT molecular complexity index is 1070. The van der Waals surface area contributed by atoms with Gasteiger partial charge in [0.2, 0.25) is 5.89 Å². The number of nitrogens with zero attached hydrogens (tertiary/aromatic N) is 2. The summed E-state index contributed by atoms with van der Waals surface area (Å²) in [6.45, 7) is 1.85. The van der Waals surface area contributed by atoms with Gasteiger partial charge in [-0.25, -0.2) is 9.78 Å². The van der Waals surface area contributed by atoms with Gasteiger partial charge < -0.3 is 9.73 Å². The standard InChI is InChI=1S/C21H19N3O3S/c1-21(15-8-7-13-4-2-5-14(13)10-15)19(25)24(20(26)23-21)11-16-12-27-18(22-16)17-6-3-9-28-17/h3,6-10,12H,2,4-5,11H2,1H3,(H,23,26)/t21-/m1/s1. The van der Waals surface area contributed by atoms with Crippen LogP contribution in [0, 0.1) is 0 Å². The van der Waals surface area contributed by atoms with E-state index in [4.69, 9.17) is 4.42 Å². The van der Waals surface area contributed by atoms with Crippen LogP contribution in [0.15, 0.2) is 46.4 Å². The van der Waals surface area contributed by atoms with Gasteiger partial charge in [0, 0.05) is 0 Å². The minimum atomic E-state index is -1.06. The molecule has 142 valence electrons. The van der Waals surface area contributed by atoms with Crippen molar-refractivity contribution < 1.29 is 14.0 Å². The van der Waals surface area contributed by atoms with E-state index in [0.29, 0.717) is 11.6 Å². The summed E-state index contributed by atoms with van der Waals surface area (Å²) in [7, 11) is 0. The molecule has 0 bridgehead atoms. The number of aromatic nitrogens is 1. The fourth-order valence-electron chi connectivity index (χ4n) is 3.97. The van der Waals surface area contributed by atoms with Crippen molar-refractivity contribution in [2.45, 2.75) is 38.3 Å². The molecule has 0 saturated carbocycles. The first-order chi connectivity index (χ1) is 13.5. The van der Waals surface area contributed by atoms with Crippen molar-refractivity contribution in [1.82, 2.24) is 15.2 Å². The third-order valence-electron chi connectivity index (χ3n) is 5.55. The van der Waals surface area contributed by atoms with Crippen LogP contribution < -0.4 is 5.32 Å². The van der Waals surface area contributed by atoms with Crippen LogP contribution in [0.4, 0.5) is 4.79 Å². The number of hydrogen-bond acceptors (Lipinski definition) is 5. The number of urea groups is 1. The largest absolute Gasteiger partial charge is 0.443 e. The van der Waals surface area contributed by atoms with Gasteiger partial charge in [-0.05, 0) is 54.3 Å². The summed E-state index contributed by atoms with van der Waals surface area (Å²) in [6.07, 6.45) is 4.74. The first-order valence-corrected chi connectivity index (χ1v) is 10.2. The molecule has 0 spiro atoms. The molecule has 0 unspecified atom stereocenters. The molecule has 28 heavy (non-hydrogen) atoms. The number of amides is 3. The minimum absolute atomic E-state index is 0.0834. The van der Waals surface area contributed by atoms with Crippen LogP contribution in [0.3, 0.4) is 0 Å². The second-order valence-corrected chi connectivity index (χ2v) is 8.35. The molecule has 1 fully saturated rings. The number of carbonyl (C=O) groups is 2. The second kappa shape index (κ2) is 6.31. The minimum Gasteiger partial charge on any atom is -0.443 e. The zero-order valence-electron chi connectivity index (χ0n) is 15.4. The van der Waals surface area contributed by atoms with Gasteiger partial charge in [0.25, 0.3) is 5.91 Å². The zero-order valence-corrected chi connectivity index (χ0v) is 16.2. The maximum absolute atomic E-state index is 13.2. The van der Waals surface area contributed by atoms with Crippen LogP contribution >= 0.6 is 11.3 Å². The Balaban J connectivity index is 1.40. The van der Waals surface area contributed by atoms with Crippen molar-refractivity contribution in [1.29, 1.82) is 0 Å². The number of fused-ring (bicyclic) bond motifs is 1. The Labute approximate surface area is 166 Å². The van der Waals surface area contributed by atoms with E-state index in [-0.39, 0.29) is 12.5 Å².